The average molecular weight is 529 g/mol. The second-order valence-electron chi connectivity index (χ2n) is 7.55. The molecule has 0 aliphatic heterocycles. The first kappa shape index (κ1) is 26.9. The van der Waals surface area contributed by atoms with Gasteiger partial charge in [0.1, 0.15) is 16.7 Å². The van der Waals surface area contributed by atoms with E-state index in [0.29, 0.717) is 27.9 Å². The molecule has 1 atom stereocenters. The van der Waals surface area contributed by atoms with E-state index in [1.54, 1.807) is 36.4 Å². The number of aliphatic carboxylic acids is 1. The van der Waals surface area contributed by atoms with Crippen molar-refractivity contribution < 1.29 is 29.0 Å². The fraction of sp³-hybridized carbons (Fsp3) is 0.192. The Balaban J connectivity index is 1.78. The summed E-state index contributed by atoms with van der Waals surface area (Å²) in [6.45, 7) is 0. The summed E-state index contributed by atoms with van der Waals surface area (Å²) in [5.74, 6) is -0.861. The van der Waals surface area contributed by atoms with Crippen LogP contribution >= 0.6 is 23.4 Å². The number of benzene rings is 3. The van der Waals surface area contributed by atoms with Gasteiger partial charge in [0, 0.05) is 23.1 Å². The largest absolute Gasteiger partial charge is 0.495 e. The van der Waals surface area contributed by atoms with E-state index < -0.39 is 11.2 Å². The predicted octanol–water partition coefficient (Wildman–Crippen LogP) is 5.63. The van der Waals surface area contributed by atoms with E-state index in [-0.39, 0.29) is 24.7 Å². The molecule has 0 radical (unpaired) electrons. The molecule has 36 heavy (non-hydrogen) atoms. The first-order chi connectivity index (χ1) is 17.3. The van der Waals surface area contributed by atoms with Crippen molar-refractivity contribution in [2.75, 3.05) is 24.9 Å². The molecule has 10 heteroatoms. The summed E-state index contributed by atoms with van der Waals surface area (Å²) < 4.78 is 10.6. The van der Waals surface area contributed by atoms with Gasteiger partial charge in [-0.25, -0.2) is 0 Å². The van der Waals surface area contributed by atoms with Gasteiger partial charge in [0.15, 0.2) is 0 Å². The van der Waals surface area contributed by atoms with Gasteiger partial charge in [-0.05, 0) is 35.9 Å². The first-order valence-corrected chi connectivity index (χ1v) is 12.1. The molecular weight excluding hydrogens is 504 g/mol. The minimum atomic E-state index is -1.03. The van der Waals surface area contributed by atoms with Gasteiger partial charge in [-0.15, -0.1) is 11.8 Å². The number of ether oxygens (including phenoxy) is 2. The van der Waals surface area contributed by atoms with E-state index in [1.165, 1.54) is 26.0 Å². The topological polar surface area (TPSA) is 114 Å². The lowest BCUT2D eigenvalue weighted by Crippen LogP contribution is -2.19. The molecule has 1 unspecified atom stereocenters. The van der Waals surface area contributed by atoms with Crippen LogP contribution in [0.15, 0.2) is 71.6 Å². The number of carbonyl (C=O) groups is 3. The third kappa shape index (κ3) is 7.40. The number of carboxylic acid groups (broad SMARTS) is 1. The summed E-state index contributed by atoms with van der Waals surface area (Å²) in [5, 5.41) is 14.0. The molecule has 0 aromatic heterocycles. The zero-order valence-corrected chi connectivity index (χ0v) is 21.2. The Morgan fingerprint density at radius 2 is 1.58 bits per heavy atom. The maximum absolute atomic E-state index is 13.4. The van der Waals surface area contributed by atoms with E-state index in [1.807, 2.05) is 30.3 Å². The summed E-state index contributed by atoms with van der Waals surface area (Å²) >= 11 is 7.59. The quantitative estimate of drug-likeness (QED) is 0.276. The molecule has 3 aromatic carbocycles. The Kier molecular flexibility index (Phi) is 9.61. The number of halogens is 1. The summed E-state index contributed by atoms with van der Waals surface area (Å²) in [6.07, 6.45) is -0.348. The number of carboxylic acids is 1. The zero-order valence-electron chi connectivity index (χ0n) is 19.6. The van der Waals surface area contributed by atoms with E-state index in [9.17, 15) is 14.4 Å². The second-order valence-corrected chi connectivity index (χ2v) is 9.14. The number of methoxy groups -OCH3 is 2. The van der Waals surface area contributed by atoms with E-state index >= 15 is 0 Å². The van der Waals surface area contributed by atoms with Crippen LogP contribution in [0.25, 0.3) is 0 Å². The van der Waals surface area contributed by atoms with Crippen molar-refractivity contribution in [3.63, 3.8) is 0 Å². The first-order valence-electron chi connectivity index (χ1n) is 10.9. The lowest BCUT2D eigenvalue weighted by molar-refractivity contribution is -0.138. The molecule has 3 aromatic rings. The molecule has 0 saturated heterocycles. The van der Waals surface area contributed by atoms with Crippen molar-refractivity contribution in [1.29, 1.82) is 0 Å². The molecule has 2 amide bonds. The Morgan fingerprint density at radius 1 is 0.917 bits per heavy atom. The number of hydrogen-bond acceptors (Lipinski definition) is 6. The predicted molar refractivity (Wildman–Crippen MR) is 140 cm³/mol. The number of hydrogen-bond donors (Lipinski definition) is 3. The van der Waals surface area contributed by atoms with Crippen molar-refractivity contribution in [1.82, 2.24) is 0 Å². The molecule has 0 aliphatic rings. The van der Waals surface area contributed by atoms with Gasteiger partial charge in [-0.1, -0.05) is 41.9 Å². The monoisotopic (exact) mass is 528 g/mol. The number of thioether (sulfide) groups is 1. The Morgan fingerprint density at radius 3 is 2.19 bits per heavy atom. The van der Waals surface area contributed by atoms with Gasteiger partial charge in [-0.3, -0.25) is 14.4 Å². The number of nitrogens with one attached hydrogen (secondary N) is 2. The third-order valence-electron chi connectivity index (χ3n) is 5.03. The van der Waals surface area contributed by atoms with Crippen molar-refractivity contribution in [3.05, 3.63) is 77.3 Å². The van der Waals surface area contributed by atoms with Gasteiger partial charge in [-0.2, -0.15) is 0 Å². The maximum Gasteiger partial charge on any atom is 0.303 e. The standard InChI is InChI=1S/C26H25ClN2O6S/c1-34-21-15-22(35-2)20(14-19(21)27)29-26(33)25(16-6-4-3-5-7-16)36-18-10-8-17(9-11-18)28-23(30)12-13-24(31)32/h3-11,14-15,25H,12-13H2,1-2H3,(H,28,30)(H,29,33)(H,31,32). The molecule has 0 saturated carbocycles. The normalized spacial score (nSPS) is 11.3. The summed E-state index contributed by atoms with van der Waals surface area (Å²) in [5.41, 5.74) is 1.74. The van der Waals surface area contributed by atoms with Gasteiger partial charge < -0.3 is 25.2 Å². The van der Waals surface area contributed by atoms with E-state index in [2.05, 4.69) is 10.6 Å². The average Bonchev–Trinajstić information content (AvgIpc) is 2.87. The molecule has 0 spiro atoms. The minimum absolute atomic E-state index is 0.110. The number of anilines is 2. The van der Waals surface area contributed by atoms with Crippen LogP contribution in [0.2, 0.25) is 5.02 Å². The van der Waals surface area contributed by atoms with E-state index in [0.717, 1.165) is 10.5 Å². The maximum atomic E-state index is 13.4. The fourth-order valence-corrected chi connectivity index (χ4v) is 4.52. The Labute approximate surface area is 217 Å². The molecular formula is C26H25ClN2O6S. The highest BCUT2D eigenvalue weighted by Crippen LogP contribution is 2.40. The van der Waals surface area contributed by atoms with Crippen molar-refractivity contribution >= 4 is 52.5 Å². The molecule has 3 rings (SSSR count). The molecule has 0 bridgehead atoms. The third-order valence-corrected chi connectivity index (χ3v) is 6.59. The van der Waals surface area contributed by atoms with E-state index in [4.69, 9.17) is 26.2 Å². The lowest BCUT2D eigenvalue weighted by atomic mass is 10.1. The summed E-state index contributed by atoms with van der Waals surface area (Å²) in [6, 6.07) is 19.5. The van der Waals surface area contributed by atoms with Crippen molar-refractivity contribution in [2.45, 2.75) is 23.0 Å². The molecule has 0 fully saturated rings. The molecule has 188 valence electrons. The molecule has 8 nitrogen and oxygen atoms in total. The van der Waals surface area contributed by atoms with Gasteiger partial charge in [0.2, 0.25) is 11.8 Å². The van der Waals surface area contributed by atoms with Crippen molar-refractivity contribution in [2.24, 2.45) is 0 Å². The van der Waals surface area contributed by atoms with Gasteiger partial charge in [0.05, 0.1) is 31.4 Å². The van der Waals surface area contributed by atoms with Crippen LogP contribution in [0.5, 0.6) is 11.5 Å². The van der Waals surface area contributed by atoms with Crippen LogP contribution in [0.4, 0.5) is 11.4 Å². The zero-order chi connectivity index (χ0) is 26.1. The van der Waals surface area contributed by atoms with Crippen LogP contribution in [-0.2, 0) is 14.4 Å². The smallest absolute Gasteiger partial charge is 0.303 e. The second kappa shape index (κ2) is 12.9. The highest BCUT2D eigenvalue weighted by Gasteiger charge is 2.24. The number of rotatable bonds is 11. The fourth-order valence-electron chi connectivity index (χ4n) is 3.25. The SMILES string of the molecule is COc1cc(OC)c(NC(=O)C(Sc2ccc(NC(=O)CCC(=O)O)cc2)c2ccccc2)cc1Cl. The number of carbonyl (C=O) groups excluding carboxylic acids is 2. The molecule has 0 heterocycles. The Bertz CT molecular complexity index is 1220. The molecule has 3 N–H and O–H groups in total. The molecule has 0 aliphatic carbocycles. The van der Waals surface area contributed by atoms with Crippen molar-refractivity contribution in [3.8, 4) is 11.5 Å². The minimum Gasteiger partial charge on any atom is -0.495 e. The van der Waals surface area contributed by atoms with Crippen LogP contribution < -0.4 is 20.1 Å². The summed E-state index contributed by atoms with van der Waals surface area (Å²) in [4.78, 5) is 36.7. The lowest BCUT2D eigenvalue weighted by Gasteiger charge is -2.19. The summed E-state index contributed by atoms with van der Waals surface area (Å²) in [7, 11) is 2.98. The highest BCUT2D eigenvalue weighted by atomic mass is 35.5. The Hall–Kier alpha value is -3.69. The van der Waals surface area contributed by atoms with Gasteiger partial charge in [0.25, 0.3) is 0 Å². The highest BCUT2D eigenvalue weighted by molar-refractivity contribution is 8.00. The number of amides is 2. The van der Waals surface area contributed by atoms with Crippen LogP contribution in [0.1, 0.15) is 23.7 Å². The van der Waals surface area contributed by atoms with Crippen LogP contribution in [0.3, 0.4) is 0 Å². The van der Waals surface area contributed by atoms with Crippen LogP contribution in [0, 0.1) is 0 Å². The van der Waals surface area contributed by atoms with Gasteiger partial charge >= 0.3 is 5.97 Å². The van der Waals surface area contributed by atoms with Crippen LogP contribution in [-0.4, -0.2) is 37.1 Å².